The minimum absolute atomic E-state index is 0.412. The predicted molar refractivity (Wildman–Crippen MR) is 90.3 cm³/mol. The van der Waals surface area contributed by atoms with Crippen LogP contribution in [0.3, 0.4) is 0 Å². The van der Waals surface area contributed by atoms with Gasteiger partial charge in [0.05, 0.1) is 6.10 Å². The highest BCUT2D eigenvalue weighted by Crippen LogP contribution is 2.53. The second kappa shape index (κ2) is 6.80. The monoisotopic (exact) mass is 351 g/mol. The molecule has 1 N–H and O–H groups in total. The molecule has 1 aromatic carbocycles. The third kappa shape index (κ3) is 3.06. The molecule has 2 aliphatic rings. The van der Waals surface area contributed by atoms with E-state index in [4.69, 9.17) is 4.74 Å². The summed E-state index contributed by atoms with van der Waals surface area (Å²) < 4.78 is 7.23. The zero-order chi connectivity index (χ0) is 14.7. The Bertz CT molecular complexity index is 470. The Balaban J connectivity index is 1.64. The van der Waals surface area contributed by atoms with Crippen LogP contribution in [0.25, 0.3) is 0 Å². The molecule has 116 valence electrons. The van der Waals surface area contributed by atoms with E-state index in [-0.39, 0.29) is 0 Å². The maximum absolute atomic E-state index is 6.03. The predicted octanol–water partition coefficient (Wildman–Crippen LogP) is 4.67. The van der Waals surface area contributed by atoms with Gasteiger partial charge in [0.25, 0.3) is 0 Å². The maximum Gasteiger partial charge on any atom is 0.0661 e. The fourth-order valence-electron chi connectivity index (χ4n) is 4.22. The van der Waals surface area contributed by atoms with Crippen LogP contribution in [0.5, 0.6) is 0 Å². The maximum atomic E-state index is 6.03. The van der Waals surface area contributed by atoms with Crippen molar-refractivity contribution in [1.29, 1.82) is 0 Å². The molecule has 2 saturated carbocycles. The van der Waals surface area contributed by atoms with Crippen molar-refractivity contribution in [3.8, 4) is 0 Å². The van der Waals surface area contributed by atoms with Crippen LogP contribution >= 0.6 is 15.9 Å². The minimum Gasteiger partial charge on any atom is -0.378 e. The molecule has 0 heterocycles. The lowest BCUT2D eigenvalue weighted by atomic mass is 9.55. The van der Waals surface area contributed by atoms with E-state index in [9.17, 15) is 0 Å². The summed E-state index contributed by atoms with van der Waals surface area (Å²) in [6.45, 7) is 3.93. The molecule has 0 saturated heterocycles. The van der Waals surface area contributed by atoms with Crippen molar-refractivity contribution in [2.45, 2.75) is 64.1 Å². The lowest BCUT2D eigenvalue weighted by Crippen LogP contribution is -2.64. The van der Waals surface area contributed by atoms with Gasteiger partial charge >= 0.3 is 0 Å². The van der Waals surface area contributed by atoms with Crippen LogP contribution in [0.15, 0.2) is 28.7 Å². The fraction of sp³-hybridized carbons (Fsp3) is 0.667. The number of halogens is 1. The van der Waals surface area contributed by atoms with Gasteiger partial charge in [-0.05, 0) is 37.8 Å². The Hall–Kier alpha value is -0.380. The number of nitrogens with one attached hydrogen (secondary N) is 1. The molecule has 0 aromatic heterocycles. The van der Waals surface area contributed by atoms with Crippen LogP contribution < -0.4 is 5.32 Å². The van der Waals surface area contributed by atoms with Crippen LogP contribution in [0.1, 0.15) is 51.0 Å². The van der Waals surface area contributed by atoms with Gasteiger partial charge in [0.15, 0.2) is 0 Å². The summed E-state index contributed by atoms with van der Waals surface area (Å²) in [6, 6.07) is 9.13. The molecule has 2 nitrogen and oxygen atoms in total. The Morgan fingerprint density at radius 3 is 2.71 bits per heavy atom. The molecule has 1 aromatic rings. The molecule has 1 spiro atoms. The van der Waals surface area contributed by atoms with Gasteiger partial charge in [-0.3, -0.25) is 0 Å². The standard InChI is InChI=1S/C18H26BrNO/c1-2-21-17-12-16(18(17)10-6-3-7-11-18)20-13-14-8-4-5-9-15(14)19/h4-5,8-9,16-17,20H,2-3,6-7,10-13H2,1H3. The van der Waals surface area contributed by atoms with E-state index < -0.39 is 0 Å². The van der Waals surface area contributed by atoms with Crippen molar-refractivity contribution in [3.63, 3.8) is 0 Å². The van der Waals surface area contributed by atoms with Gasteiger partial charge in [0.1, 0.15) is 0 Å². The number of hydrogen-bond acceptors (Lipinski definition) is 2. The van der Waals surface area contributed by atoms with E-state index in [1.807, 2.05) is 0 Å². The number of rotatable bonds is 5. The van der Waals surface area contributed by atoms with Crippen molar-refractivity contribution in [1.82, 2.24) is 5.32 Å². The molecule has 21 heavy (non-hydrogen) atoms. The summed E-state index contributed by atoms with van der Waals surface area (Å²) in [4.78, 5) is 0. The Morgan fingerprint density at radius 2 is 2.00 bits per heavy atom. The molecule has 0 amide bonds. The average molecular weight is 352 g/mol. The SMILES string of the molecule is CCOC1CC(NCc2ccccc2Br)C12CCCCC2. The van der Waals surface area contributed by atoms with Crippen LogP contribution in [-0.2, 0) is 11.3 Å². The zero-order valence-corrected chi connectivity index (χ0v) is 14.5. The van der Waals surface area contributed by atoms with Crippen LogP contribution in [0.4, 0.5) is 0 Å². The number of ether oxygens (including phenoxy) is 1. The smallest absolute Gasteiger partial charge is 0.0661 e. The quantitative estimate of drug-likeness (QED) is 0.832. The average Bonchev–Trinajstić information content (AvgIpc) is 2.52. The molecule has 2 unspecified atom stereocenters. The summed E-state index contributed by atoms with van der Waals surface area (Å²) in [6.07, 6.45) is 8.49. The van der Waals surface area contributed by atoms with E-state index >= 15 is 0 Å². The second-order valence-electron chi connectivity index (χ2n) is 6.50. The molecule has 0 radical (unpaired) electrons. The van der Waals surface area contributed by atoms with Crippen molar-refractivity contribution in [2.24, 2.45) is 5.41 Å². The van der Waals surface area contributed by atoms with Crippen LogP contribution in [0.2, 0.25) is 0 Å². The lowest BCUT2D eigenvalue weighted by Gasteiger charge is -2.58. The van der Waals surface area contributed by atoms with E-state index in [2.05, 4.69) is 52.4 Å². The van der Waals surface area contributed by atoms with E-state index in [0.717, 1.165) is 13.2 Å². The van der Waals surface area contributed by atoms with E-state index in [1.165, 1.54) is 48.6 Å². The van der Waals surface area contributed by atoms with Crippen LogP contribution in [-0.4, -0.2) is 18.8 Å². The molecule has 2 atom stereocenters. The Morgan fingerprint density at radius 1 is 1.24 bits per heavy atom. The first-order chi connectivity index (χ1) is 10.3. The molecule has 2 fully saturated rings. The highest BCUT2D eigenvalue weighted by molar-refractivity contribution is 9.10. The van der Waals surface area contributed by atoms with Crippen molar-refractivity contribution in [2.75, 3.05) is 6.61 Å². The Kier molecular flexibility index (Phi) is 5.03. The number of benzene rings is 1. The summed E-state index contributed by atoms with van der Waals surface area (Å²) in [5, 5.41) is 3.82. The fourth-order valence-corrected chi connectivity index (χ4v) is 4.65. The first-order valence-electron chi connectivity index (χ1n) is 8.34. The molecule has 0 bridgehead atoms. The van der Waals surface area contributed by atoms with Gasteiger partial charge < -0.3 is 10.1 Å². The van der Waals surface area contributed by atoms with E-state index in [0.29, 0.717) is 17.6 Å². The lowest BCUT2D eigenvalue weighted by molar-refractivity contribution is -0.150. The van der Waals surface area contributed by atoms with Gasteiger partial charge in [0, 0.05) is 29.1 Å². The summed E-state index contributed by atoms with van der Waals surface area (Å²) in [5.41, 5.74) is 1.76. The van der Waals surface area contributed by atoms with Gasteiger partial charge in [0.2, 0.25) is 0 Å². The topological polar surface area (TPSA) is 21.3 Å². The minimum atomic E-state index is 0.412. The largest absolute Gasteiger partial charge is 0.378 e. The van der Waals surface area contributed by atoms with Gasteiger partial charge in [-0.25, -0.2) is 0 Å². The summed E-state index contributed by atoms with van der Waals surface area (Å²) in [7, 11) is 0. The first kappa shape index (κ1) is 15.5. The van der Waals surface area contributed by atoms with E-state index in [1.54, 1.807) is 0 Å². The van der Waals surface area contributed by atoms with Crippen molar-refractivity contribution < 1.29 is 4.74 Å². The highest BCUT2D eigenvalue weighted by Gasteiger charge is 2.55. The summed E-state index contributed by atoms with van der Waals surface area (Å²) >= 11 is 3.65. The highest BCUT2D eigenvalue weighted by atomic mass is 79.9. The zero-order valence-electron chi connectivity index (χ0n) is 12.9. The third-order valence-electron chi connectivity index (χ3n) is 5.43. The van der Waals surface area contributed by atoms with Crippen molar-refractivity contribution in [3.05, 3.63) is 34.3 Å². The molecule has 2 aliphatic carbocycles. The van der Waals surface area contributed by atoms with Crippen molar-refractivity contribution >= 4 is 15.9 Å². The third-order valence-corrected chi connectivity index (χ3v) is 6.21. The molecular weight excluding hydrogens is 326 g/mol. The molecule has 3 rings (SSSR count). The van der Waals surface area contributed by atoms with Gasteiger partial charge in [-0.2, -0.15) is 0 Å². The molecule has 0 aliphatic heterocycles. The second-order valence-corrected chi connectivity index (χ2v) is 7.35. The first-order valence-corrected chi connectivity index (χ1v) is 9.14. The van der Waals surface area contributed by atoms with Crippen LogP contribution in [0, 0.1) is 5.41 Å². The Labute approximate surface area is 136 Å². The van der Waals surface area contributed by atoms with Gasteiger partial charge in [-0.1, -0.05) is 53.4 Å². The molecular formula is C18H26BrNO. The number of hydrogen-bond donors (Lipinski definition) is 1. The normalized spacial score (nSPS) is 27.5. The van der Waals surface area contributed by atoms with Gasteiger partial charge in [-0.15, -0.1) is 0 Å². The molecule has 3 heteroatoms. The summed E-state index contributed by atoms with van der Waals surface area (Å²) in [5.74, 6) is 0.